The van der Waals surface area contributed by atoms with Crippen LogP contribution in [0.3, 0.4) is 0 Å². The molecule has 0 saturated carbocycles. The molecule has 0 unspecified atom stereocenters. The first kappa shape index (κ1) is 20.3. The molecule has 2 aliphatic rings. The van der Waals surface area contributed by atoms with Gasteiger partial charge in [0.15, 0.2) is 5.78 Å². The topological polar surface area (TPSA) is 131 Å². The van der Waals surface area contributed by atoms with Gasteiger partial charge in [-0.3, -0.25) is 14.4 Å². The number of nitrogens with zero attached hydrogens (tertiary/aromatic N) is 3. The number of allylic oxidation sites excluding steroid dienone is 2. The molecular weight excluding hydrogens is 434 g/mol. The minimum atomic E-state index is -0.509. The highest BCUT2D eigenvalue weighted by molar-refractivity contribution is 6.23. The van der Waals surface area contributed by atoms with Crippen molar-refractivity contribution in [3.63, 3.8) is 0 Å². The molecule has 1 aliphatic carbocycles. The molecule has 4 heterocycles. The second kappa shape index (κ2) is 7.60. The van der Waals surface area contributed by atoms with Gasteiger partial charge in [0.1, 0.15) is 17.1 Å². The number of hydrogen-bond acceptors (Lipinski definition) is 7. The number of aromatic nitrogens is 3. The predicted octanol–water partition coefficient (Wildman–Crippen LogP) is 2.47. The van der Waals surface area contributed by atoms with Gasteiger partial charge in [0.2, 0.25) is 5.78 Å². The zero-order chi connectivity index (χ0) is 23.4. The minimum Gasteiger partial charge on any atom is -0.395 e. The quantitative estimate of drug-likeness (QED) is 0.477. The zero-order valence-electron chi connectivity index (χ0n) is 18.0. The minimum absolute atomic E-state index is 0.0153. The standard InChI is InChI=1S/C25H19N5O4/c26-16-12-20(31)14-5-6-18(28-22(14)24(16)32)23-21-15(13-3-1-2-4-17(13)27-21)11-19(29-23)25(33)30-7-9-34-10-8-30/h1-6,11-12,27H,7-10,26H2. The van der Waals surface area contributed by atoms with Crippen LogP contribution in [0.4, 0.5) is 0 Å². The normalized spacial score (nSPS) is 16.1. The first-order valence-corrected chi connectivity index (χ1v) is 10.9. The SMILES string of the molecule is NC1=CC(=O)c2ccc(-c3nc(C(=O)N4CCOCC4)cc4c3[nH]c3ccccc34)nc2C1=O. The number of hydrogen-bond donors (Lipinski definition) is 2. The molecule has 168 valence electrons. The van der Waals surface area contributed by atoms with Crippen LogP contribution in [0.15, 0.2) is 54.2 Å². The zero-order valence-corrected chi connectivity index (χ0v) is 18.0. The third-order valence-corrected chi connectivity index (χ3v) is 6.18. The Morgan fingerprint density at radius 1 is 1.00 bits per heavy atom. The van der Waals surface area contributed by atoms with E-state index >= 15 is 0 Å². The van der Waals surface area contributed by atoms with E-state index in [-0.39, 0.29) is 34.3 Å². The van der Waals surface area contributed by atoms with E-state index in [1.165, 1.54) is 0 Å². The number of aromatic amines is 1. The Hall–Kier alpha value is -4.37. The molecule has 9 nitrogen and oxygen atoms in total. The Morgan fingerprint density at radius 2 is 1.79 bits per heavy atom. The van der Waals surface area contributed by atoms with Crippen LogP contribution in [0.1, 0.15) is 31.3 Å². The maximum Gasteiger partial charge on any atom is 0.272 e. The van der Waals surface area contributed by atoms with E-state index in [2.05, 4.69) is 15.0 Å². The van der Waals surface area contributed by atoms with E-state index in [0.717, 1.165) is 22.4 Å². The molecule has 1 saturated heterocycles. The fourth-order valence-corrected chi connectivity index (χ4v) is 4.45. The third-order valence-electron chi connectivity index (χ3n) is 6.18. The lowest BCUT2D eigenvalue weighted by Gasteiger charge is -2.26. The summed E-state index contributed by atoms with van der Waals surface area (Å²) in [5.74, 6) is -1.08. The molecule has 0 spiro atoms. The van der Waals surface area contributed by atoms with E-state index in [9.17, 15) is 14.4 Å². The van der Waals surface area contributed by atoms with Gasteiger partial charge in [0.05, 0.1) is 35.7 Å². The number of rotatable bonds is 2. The van der Waals surface area contributed by atoms with E-state index < -0.39 is 5.78 Å². The average Bonchev–Trinajstić information content (AvgIpc) is 3.25. The number of carbonyl (C=O) groups is 3. The Bertz CT molecular complexity index is 1560. The Morgan fingerprint density at radius 3 is 2.62 bits per heavy atom. The highest BCUT2D eigenvalue weighted by atomic mass is 16.5. The molecule has 34 heavy (non-hydrogen) atoms. The van der Waals surface area contributed by atoms with Crippen LogP contribution in [0.25, 0.3) is 33.2 Å². The molecule has 1 aliphatic heterocycles. The monoisotopic (exact) mass is 453 g/mol. The molecular formula is C25H19N5O4. The van der Waals surface area contributed by atoms with Crippen molar-refractivity contribution in [3.8, 4) is 11.4 Å². The van der Waals surface area contributed by atoms with Crippen molar-refractivity contribution < 1.29 is 19.1 Å². The summed E-state index contributed by atoms with van der Waals surface area (Å²) in [5.41, 5.74) is 8.38. The number of H-pyrrole nitrogens is 1. The van der Waals surface area contributed by atoms with Gasteiger partial charge in [-0.15, -0.1) is 0 Å². The largest absolute Gasteiger partial charge is 0.395 e. The van der Waals surface area contributed by atoms with E-state index in [1.54, 1.807) is 23.1 Å². The van der Waals surface area contributed by atoms with Gasteiger partial charge in [-0.2, -0.15) is 0 Å². The fraction of sp³-hybridized carbons (Fsp3) is 0.160. The van der Waals surface area contributed by atoms with Crippen molar-refractivity contribution in [3.05, 3.63) is 71.2 Å². The average molecular weight is 453 g/mol. The predicted molar refractivity (Wildman–Crippen MR) is 124 cm³/mol. The van der Waals surface area contributed by atoms with Crippen LogP contribution in [0, 0.1) is 0 Å². The number of fused-ring (bicyclic) bond motifs is 4. The highest BCUT2D eigenvalue weighted by Crippen LogP contribution is 2.33. The number of Topliss-reactive ketones (excluding diaryl/α,β-unsaturated/α-hetero) is 1. The molecule has 0 radical (unpaired) electrons. The summed E-state index contributed by atoms with van der Waals surface area (Å²) in [5, 5.41) is 1.76. The first-order chi connectivity index (χ1) is 16.5. The molecule has 0 atom stereocenters. The van der Waals surface area contributed by atoms with Gasteiger partial charge >= 0.3 is 0 Å². The second-order valence-electron chi connectivity index (χ2n) is 8.24. The molecule has 4 aromatic rings. The Kier molecular flexibility index (Phi) is 4.53. The van der Waals surface area contributed by atoms with Crippen molar-refractivity contribution in [1.29, 1.82) is 0 Å². The number of carbonyl (C=O) groups excluding carboxylic acids is 3. The molecule has 3 N–H and O–H groups in total. The number of nitrogens with two attached hydrogens (primary N) is 1. The number of nitrogens with one attached hydrogen (secondary N) is 1. The van der Waals surface area contributed by atoms with Crippen LogP contribution in [-0.4, -0.2) is 63.6 Å². The summed E-state index contributed by atoms with van der Waals surface area (Å²) in [7, 11) is 0. The number of amides is 1. The van der Waals surface area contributed by atoms with Gasteiger partial charge < -0.3 is 20.4 Å². The summed E-state index contributed by atoms with van der Waals surface area (Å²) in [6.07, 6.45) is 1.11. The Labute approximate surface area is 193 Å². The maximum absolute atomic E-state index is 13.3. The molecule has 0 bridgehead atoms. The molecule has 1 fully saturated rings. The number of pyridine rings is 2. The van der Waals surface area contributed by atoms with Gasteiger partial charge in [-0.25, -0.2) is 9.97 Å². The summed E-state index contributed by atoms with van der Waals surface area (Å²) < 4.78 is 5.37. The van der Waals surface area contributed by atoms with E-state index in [0.29, 0.717) is 43.2 Å². The maximum atomic E-state index is 13.3. The summed E-state index contributed by atoms with van der Waals surface area (Å²) in [6, 6.07) is 12.7. The third kappa shape index (κ3) is 3.09. The second-order valence-corrected chi connectivity index (χ2v) is 8.24. The number of morpholine rings is 1. The van der Waals surface area contributed by atoms with Crippen LogP contribution >= 0.6 is 0 Å². The first-order valence-electron chi connectivity index (χ1n) is 10.9. The Balaban J connectivity index is 1.58. The smallest absolute Gasteiger partial charge is 0.272 e. The summed E-state index contributed by atoms with van der Waals surface area (Å²) in [6.45, 7) is 1.93. The summed E-state index contributed by atoms with van der Waals surface area (Å²) in [4.78, 5) is 52.5. The lowest BCUT2D eigenvalue weighted by Crippen LogP contribution is -2.41. The van der Waals surface area contributed by atoms with Crippen molar-refractivity contribution in [2.45, 2.75) is 0 Å². The molecule has 1 aromatic carbocycles. The lowest BCUT2D eigenvalue weighted by molar-refractivity contribution is 0.0299. The molecule has 6 rings (SSSR count). The van der Waals surface area contributed by atoms with Crippen LogP contribution in [-0.2, 0) is 4.74 Å². The van der Waals surface area contributed by atoms with Crippen LogP contribution in [0.2, 0.25) is 0 Å². The van der Waals surface area contributed by atoms with Crippen LogP contribution < -0.4 is 5.73 Å². The number of para-hydroxylation sites is 1. The van der Waals surface area contributed by atoms with Gasteiger partial charge in [-0.1, -0.05) is 18.2 Å². The van der Waals surface area contributed by atoms with Gasteiger partial charge in [0.25, 0.3) is 5.91 Å². The van der Waals surface area contributed by atoms with Crippen LogP contribution in [0.5, 0.6) is 0 Å². The number of benzene rings is 1. The van der Waals surface area contributed by atoms with Crippen molar-refractivity contribution in [1.82, 2.24) is 19.9 Å². The molecule has 1 amide bonds. The van der Waals surface area contributed by atoms with Crippen molar-refractivity contribution >= 4 is 39.3 Å². The molecule has 9 heteroatoms. The number of ketones is 2. The fourth-order valence-electron chi connectivity index (χ4n) is 4.45. The highest BCUT2D eigenvalue weighted by Gasteiger charge is 2.28. The lowest BCUT2D eigenvalue weighted by atomic mass is 9.97. The summed E-state index contributed by atoms with van der Waals surface area (Å²) >= 11 is 0. The van der Waals surface area contributed by atoms with Crippen molar-refractivity contribution in [2.24, 2.45) is 5.73 Å². The van der Waals surface area contributed by atoms with Gasteiger partial charge in [0, 0.05) is 35.5 Å². The van der Waals surface area contributed by atoms with E-state index in [1.807, 2.05) is 24.3 Å². The molecule has 3 aromatic heterocycles. The van der Waals surface area contributed by atoms with Gasteiger partial charge in [-0.05, 0) is 24.3 Å². The number of ether oxygens (including phenoxy) is 1. The van der Waals surface area contributed by atoms with Crippen molar-refractivity contribution in [2.75, 3.05) is 26.3 Å². The van der Waals surface area contributed by atoms with E-state index in [4.69, 9.17) is 10.5 Å².